The number of hydrogen-bond acceptors (Lipinski definition) is 4. The number of nitrogens with one attached hydrogen (secondary N) is 1. The summed E-state index contributed by atoms with van der Waals surface area (Å²) >= 11 is 1.60. The van der Waals surface area contributed by atoms with Gasteiger partial charge in [0.1, 0.15) is 5.56 Å². The molecule has 1 aromatic carbocycles. The van der Waals surface area contributed by atoms with Crippen LogP contribution in [0.15, 0.2) is 30.5 Å². The molecule has 1 heterocycles. The number of anilines is 1. The predicted octanol–water partition coefficient (Wildman–Crippen LogP) is 2.96. The van der Waals surface area contributed by atoms with Crippen molar-refractivity contribution in [2.24, 2.45) is 0 Å². The number of carboxylic acid groups (broad SMARTS) is 1. The molecule has 1 amide bonds. The first-order chi connectivity index (χ1) is 11.0. The van der Waals surface area contributed by atoms with Crippen LogP contribution in [0.5, 0.6) is 0 Å². The molecule has 0 aliphatic heterocycles. The lowest BCUT2D eigenvalue weighted by Crippen LogP contribution is -2.14. The van der Waals surface area contributed by atoms with Crippen LogP contribution in [0.4, 0.5) is 5.69 Å². The van der Waals surface area contributed by atoms with E-state index >= 15 is 0 Å². The van der Waals surface area contributed by atoms with Crippen LogP contribution < -0.4 is 5.32 Å². The van der Waals surface area contributed by atoms with Gasteiger partial charge in [-0.3, -0.25) is 4.79 Å². The smallest absolute Gasteiger partial charge is 0.339 e. The average molecular weight is 333 g/mol. The number of thioether (sulfide) groups is 1. The first-order valence-corrected chi connectivity index (χ1v) is 8.44. The Labute approximate surface area is 138 Å². The number of carboxylic acids is 1. The van der Waals surface area contributed by atoms with Crippen LogP contribution in [-0.4, -0.2) is 38.3 Å². The molecule has 0 fully saturated rings. The standard InChI is InChI=1S/C16H19N3O3S/c1-3-7-23-10-15(20)18-12-5-4-6-13(8-12)19-11(2)14(9-17-19)16(21)22/h4-6,8-9H,3,7,10H2,1-2H3,(H,18,20)(H,21,22). The van der Waals surface area contributed by atoms with E-state index in [9.17, 15) is 9.59 Å². The maximum Gasteiger partial charge on any atom is 0.339 e. The van der Waals surface area contributed by atoms with Crippen molar-refractivity contribution in [3.05, 3.63) is 41.7 Å². The van der Waals surface area contributed by atoms with Crippen LogP contribution >= 0.6 is 11.8 Å². The summed E-state index contributed by atoms with van der Waals surface area (Å²) in [4.78, 5) is 23.0. The van der Waals surface area contributed by atoms with Crippen molar-refractivity contribution in [2.45, 2.75) is 20.3 Å². The van der Waals surface area contributed by atoms with Gasteiger partial charge in [0.05, 0.1) is 23.3 Å². The van der Waals surface area contributed by atoms with E-state index in [2.05, 4.69) is 17.3 Å². The van der Waals surface area contributed by atoms with E-state index in [1.165, 1.54) is 6.20 Å². The summed E-state index contributed by atoms with van der Waals surface area (Å²) in [6.45, 7) is 3.77. The molecule has 0 bridgehead atoms. The molecule has 0 atom stereocenters. The third-order valence-corrected chi connectivity index (χ3v) is 4.36. The molecule has 0 radical (unpaired) electrons. The molecule has 23 heavy (non-hydrogen) atoms. The van der Waals surface area contributed by atoms with E-state index in [0.717, 1.165) is 12.2 Å². The van der Waals surface area contributed by atoms with E-state index in [-0.39, 0.29) is 11.5 Å². The minimum Gasteiger partial charge on any atom is -0.478 e. The zero-order chi connectivity index (χ0) is 16.8. The van der Waals surface area contributed by atoms with Crippen LogP contribution in [0, 0.1) is 6.92 Å². The van der Waals surface area contributed by atoms with Gasteiger partial charge in [0.2, 0.25) is 5.91 Å². The van der Waals surface area contributed by atoms with Crippen LogP contribution in [-0.2, 0) is 4.79 Å². The van der Waals surface area contributed by atoms with E-state index in [1.54, 1.807) is 41.6 Å². The van der Waals surface area contributed by atoms with Crippen molar-refractivity contribution >= 4 is 29.3 Å². The van der Waals surface area contributed by atoms with Gasteiger partial charge in [0.15, 0.2) is 0 Å². The summed E-state index contributed by atoms with van der Waals surface area (Å²) in [6, 6.07) is 7.18. The Morgan fingerprint density at radius 1 is 1.39 bits per heavy atom. The van der Waals surface area contributed by atoms with Crippen LogP contribution in [0.1, 0.15) is 29.4 Å². The zero-order valence-corrected chi connectivity index (χ0v) is 13.9. The minimum absolute atomic E-state index is 0.0518. The van der Waals surface area contributed by atoms with Gasteiger partial charge in [-0.1, -0.05) is 13.0 Å². The lowest BCUT2D eigenvalue weighted by atomic mass is 10.2. The van der Waals surface area contributed by atoms with E-state index < -0.39 is 5.97 Å². The second kappa shape index (κ2) is 7.82. The highest BCUT2D eigenvalue weighted by atomic mass is 32.2. The maximum absolute atomic E-state index is 11.9. The fraction of sp³-hybridized carbons (Fsp3) is 0.312. The molecule has 7 heteroatoms. The highest BCUT2D eigenvalue weighted by Gasteiger charge is 2.14. The Morgan fingerprint density at radius 3 is 2.83 bits per heavy atom. The first kappa shape index (κ1) is 17.1. The minimum atomic E-state index is -1.01. The van der Waals surface area contributed by atoms with Gasteiger partial charge in [0, 0.05) is 5.69 Å². The van der Waals surface area contributed by atoms with Crippen molar-refractivity contribution < 1.29 is 14.7 Å². The Kier molecular flexibility index (Phi) is 5.81. The summed E-state index contributed by atoms with van der Waals surface area (Å²) in [7, 11) is 0. The van der Waals surface area contributed by atoms with Crippen molar-refractivity contribution in [2.75, 3.05) is 16.8 Å². The average Bonchev–Trinajstić information content (AvgIpc) is 2.89. The second-order valence-electron chi connectivity index (χ2n) is 5.01. The molecular formula is C16H19N3O3S. The number of hydrogen-bond donors (Lipinski definition) is 2. The van der Waals surface area contributed by atoms with Crippen LogP contribution in [0.3, 0.4) is 0 Å². The Bertz CT molecular complexity index is 712. The van der Waals surface area contributed by atoms with Crippen LogP contribution in [0.25, 0.3) is 5.69 Å². The number of carbonyl (C=O) groups is 2. The number of aromatic carboxylic acids is 1. The Hall–Kier alpha value is -2.28. The monoisotopic (exact) mass is 333 g/mol. The lowest BCUT2D eigenvalue weighted by Gasteiger charge is -2.09. The molecule has 122 valence electrons. The molecule has 0 aliphatic carbocycles. The molecular weight excluding hydrogens is 314 g/mol. The first-order valence-electron chi connectivity index (χ1n) is 7.29. The number of rotatable bonds is 7. The summed E-state index contributed by atoms with van der Waals surface area (Å²) in [5.41, 5.74) is 2.07. The molecule has 2 aromatic rings. The van der Waals surface area contributed by atoms with Gasteiger partial charge in [-0.15, -0.1) is 0 Å². The van der Waals surface area contributed by atoms with Crippen LogP contribution in [0.2, 0.25) is 0 Å². The van der Waals surface area contributed by atoms with E-state index in [4.69, 9.17) is 5.11 Å². The number of aromatic nitrogens is 2. The maximum atomic E-state index is 11.9. The molecule has 6 nitrogen and oxygen atoms in total. The molecule has 1 aromatic heterocycles. The lowest BCUT2D eigenvalue weighted by molar-refractivity contribution is -0.113. The quantitative estimate of drug-likeness (QED) is 0.761. The predicted molar refractivity (Wildman–Crippen MR) is 91.5 cm³/mol. The second-order valence-corrected chi connectivity index (χ2v) is 6.12. The van der Waals surface area contributed by atoms with Crippen molar-refractivity contribution in [3.8, 4) is 5.69 Å². The molecule has 0 aliphatic rings. The fourth-order valence-corrected chi connectivity index (χ4v) is 2.79. The molecule has 2 rings (SSSR count). The summed E-state index contributed by atoms with van der Waals surface area (Å²) in [5.74, 6) is 0.315. The highest BCUT2D eigenvalue weighted by Crippen LogP contribution is 2.18. The van der Waals surface area contributed by atoms with E-state index in [0.29, 0.717) is 22.8 Å². The number of nitrogens with zero attached hydrogens (tertiary/aromatic N) is 2. The highest BCUT2D eigenvalue weighted by molar-refractivity contribution is 7.99. The Balaban J connectivity index is 2.14. The van der Waals surface area contributed by atoms with E-state index in [1.807, 2.05) is 6.07 Å². The normalized spacial score (nSPS) is 10.5. The number of benzene rings is 1. The molecule has 0 saturated carbocycles. The largest absolute Gasteiger partial charge is 0.478 e. The van der Waals surface area contributed by atoms with Gasteiger partial charge in [-0.25, -0.2) is 9.48 Å². The third kappa shape index (κ3) is 4.35. The van der Waals surface area contributed by atoms with Gasteiger partial charge < -0.3 is 10.4 Å². The topological polar surface area (TPSA) is 84.2 Å². The summed E-state index contributed by atoms with van der Waals surface area (Å²) in [6.07, 6.45) is 2.36. The van der Waals surface area contributed by atoms with Gasteiger partial charge in [-0.05, 0) is 37.3 Å². The fourth-order valence-electron chi connectivity index (χ4n) is 2.10. The molecule has 0 spiro atoms. The Morgan fingerprint density at radius 2 is 2.17 bits per heavy atom. The molecule has 2 N–H and O–H groups in total. The van der Waals surface area contributed by atoms with Gasteiger partial charge in [0.25, 0.3) is 0 Å². The SMILES string of the molecule is CCCSCC(=O)Nc1cccc(-n2ncc(C(=O)O)c2C)c1. The number of amides is 1. The molecule has 0 unspecified atom stereocenters. The number of carbonyl (C=O) groups excluding carboxylic acids is 1. The van der Waals surface area contributed by atoms with Crippen molar-refractivity contribution in [3.63, 3.8) is 0 Å². The summed E-state index contributed by atoms with van der Waals surface area (Å²) < 4.78 is 1.55. The molecule has 0 saturated heterocycles. The summed E-state index contributed by atoms with van der Waals surface area (Å²) in [5, 5.41) is 16.0. The van der Waals surface area contributed by atoms with Gasteiger partial charge >= 0.3 is 5.97 Å². The van der Waals surface area contributed by atoms with Crippen molar-refractivity contribution in [1.29, 1.82) is 0 Å². The van der Waals surface area contributed by atoms with Crippen molar-refractivity contribution in [1.82, 2.24) is 9.78 Å². The third-order valence-electron chi connectivity index (χ3n) is 3.20. The zero-order valence-electron chi connectivity index (χ0n) is 13.1. The van der Waals surface area contributed by atoms with Gasteiger partial charge in [-0.2, -0.15) is 16.9 Å².